The minimum atomic E-state index is -0.383. The molecule has 14 heavy (non-hydrogen) atoms. The molecule has 0 saturated heterocycles. The Morgan fingerprint density at radius 2 is 1.93 bits per heavy atom. The van der Waals surface area contributed by atoms with Crippen molar-refractivity contribution in [3.8, 4) is 0 Å². The van der Waals surface area contributed by atoms with E-state index in [2.05, 4.69) is 6.92 Å². The van der Waals surface area contributed by atoms with Crippen molar-refractivity contribution in [2.45, 2.75) is 37.9 Å². The average Bonchev–Trinajstić information content (AvgIpc) is 2.99. The maximum atomic E-state index is 12.3. The molecule has 0 radical (unpaired) electrons. The van der Waals surface area contributed by atoms with Gasteiger partial charge in [0.25, 0.3) is 0 Å². The van der Waals surface area contributed by atoms with Crippen molar-refractivity contribution in [2.75, 3.05) is 0 Å². The summed E-state index contributed by atoms with van der Waals surface area (Å²) in [6.45, 7) is 1.67. The van der Waals surface area contributed by atoms with Crippen molar-refractivity contribution in [3.05, 3.63) is 35.4 Å². The Bertz CT molecular complexity index is 312. The number of nitrogens with two attached hydrogens (primary N) is 1. The Balaban J connectivity index is 2.25. The zero-order valence-electron chi connectivity index (χ0n) is 8.46. The summed E-state index contributed by atoms with van der Waals surface area (Å²) in [5, 5.41) is 0. The average molecular weight is 193 g/mol. The SMILES string of the molecule is CC(N)C1(c2ccc(CF)cc2)CC1. The molecule has 1 aromatic rings. The number of rotatable bonds is 3. The molecule has 0 aliphatic heterocycles. The van der Waals surface area contributed by atoms with Crippen molar-refractivity contribution in [3.63, 3.8) is 0 Å². The van der Waals surface area contributed by atoms with Gasteiger partial charge in [0.15, 0.2) is 0 Å². The highest BCUT2D eigenvalue weighted by Crippen LogP contribution is 2.50. The van der Waals surface area contributed by atoms with Crippen LogP contribution in [0.2, 0.25) is 0 Å². The molecule has 0 spiro atoms. The van der Waals surface area contributed by atoms with Crippen LogP contribution >= 0.6 is 0 Å². The summed E-state index contributed by atoms with van der Waals surface area (Å²) in [6, 6.07) is 7.95. The van der Waals surface area contributed by atoms with Crippen molar-refractivity contribution in [1.29, 1.82) is 0 Å². The standard InChI is InChI=1S/C12H16FN/c1-9(14)12(6-7-12)11-4-2-10(8-13)3-5-11/h2-5,9H,6-8,14H2,1H3. The van der Waals surface area contributed by atoms with E-state index in [1.54, 1.807) is 0 Å². The molecule has 0 bridgehead atoms. The van der Waals surface area contributed by atoms with Crippen LogP contribution < -0.4 is 5.73 Å². The highest BCUT2D eigenvalue weighted by atomic mass is 19.1. The van der Waals surface area contributed by atoms with Crippen LogP contribution in [0.4, 0.5) is 4.39 Å². The predicted molar refractivity (Wildman–Crippen MR) is 55.8 cm³/mol. The van der Waals surface area contributed by atoms with Gasteiger partial charge in [0.2, 0.25) is 0 Å². The van der Waals surface area contributed by atoms with Crippen LogP contribution in [0.1, 0.15) is 30.9 Å². The number of alkyl halides is 1. The van der Waals surface area contributed by atoms with Crippen LogP contribution in [0.5, 0.6) is 0 Å². The van der Waals surface area contributed by atoms with Crippen LogP contribution in [-0.2, 0) is 12.1 Å². The summed E-state index contributed by atoms with van der Waals surface area (Å²) >= 11 is 0. The molecule has 0 aromatic heterocycles. The van der Waals surface area contributed by atoms with Gasteiger partial charge in [0.05, 0.1) is 0 Å². The number of hydrogen-bond acceptors (Lipinski definition) is 1. The smallest absolute Gasteiger partial charge is 0.115 e. The molecule has 1 saturated carbocycles. The fourth-order valence-electron chi connectivity index (χ4n) is 2.07. The van der Waals surface area contributed by atoms with Crippen LogP contribution in [-0.4, -0.2) is 6.04 Å². The van der Waals surface area contributed by atoms with Crippen LogP contribution in [0, 0.1) is 0 Å². The van der Waals surface area contributed by atoms with Crippen molar-refractivity contribution < 1.29 is 4.39 Å². The Labute approximate surface area is 84.1 Å². The van der Waals surface area contributed by atoms with Gasteiger partial charge in [-0.15, -0.1) is 0 Å². The molecule has 1 fully saturated rings. The second kappa shape index (κ2) is 3.35. The molecule has 0 amide bonds. The topological polar surface area (TPSA) is 26.0 Å². The van der Waals surface area contributed by atoms with Crippen LogP contribution in [0.15, 0.2) is 24.3 Å². The largest absolute Gasteiger partial charge is 0.327 e. The van der Waals surface area contributed by atoms with Crippen molar-refractivity contribution >= 4 is 0 Å². The van der Waals surface area contributed by atoms with Gasteiger partial charge < -0.3 is 5.73 Å². The molecule has 2 N–H and O–H groups in total. The first-order valence-electron chi connectivity index (χ1n) is 5.10. The van der Waals surface area contributed by atoms with E-state index in [9.17, 15) is 4.39 Å². The van der Waals surface area contributed by atoms with Gasteiger partial charge in [-0.3, -0.25) is 0 Å². The second-order valence-electron chi connectivity index (χ2n) is 4.28. The molecule has 1 nitrogen and oxygen atoms in total. The van der Waals surface area contributed by atoms with E-state index in [4.69, 9.17) is 5.73 Å². The zero-order valence-corrected chi connectivity index (χ0v) is 8.46. The molecule has 76 valence electrons. The van der Waals surface area contributed by atoms with Gasteiger partial charge in [0, 0.05) is 11.5 Å². The highest BCUT2D eigenvalue weighted by Gasteiger charge is 2.47. The number of benzene rings is 1. The molecule has 1 aromatic carbocycles. The fraction of sp³-hybridized carbons (Fsp3) is 0.500. The van der Waals surface area contributed by atoms with E-state index in [0.717, 1.165) is 5.56 Å². The van der Waals surface area contributed by atoms with E-state index in [1.807, 2.05) is 24.3 Å². The van der Waals surface area contributed by atoms with Crippen LogP contribution in [0.3, 0.4) is 0 Å². The van der Waals surface area contributed by atoms with Gasteiger partial charge in [-0.05, 0) is 30.9 Å². The van der Waals surface area contributed by atoms with Crippen LogP contribution in [0.25, 0.3) is 0 Å². The molecule has 1 atom stereocenters. The van der Waals surface area contributed by atoms with E-state index in [-0.39, 0.29) is 18.1 Å². The first kappa shape index (κ1) is 9.66. The Morgan fingerprint density at radius 1 is 1.36 bits per heavy atom. The second-order valence-corrected chi connectivity index (χ2v) is 4.28. The lowest BCUT2D eigenvalue weighted by Crippen LogP contribution is -2.31. The molecule has 1 aliphatic rings. The van der Waals surface area contributed by atoms with E-state index >= 15 is 0 Å². The zero-order chi connectivity index (χ0) is 10.2. The van der Waals surface area contributed by atoms with Gasteiger partial charge in [-0.2, -0.15) is 0 Å². The molecule has 0 heterocycles. The molecular weight excluding hydrogens is 177 g/mol. The van der Waals surface area contributed by atoms with Gasteiger partial charge >= 0.3 is 0 Å². The number of hydrogen-bond donors (Lipinski definition) is 1. The normalized spacial score (nSPS) is 20.5. The maximum absolute atomic E-state index is 12.3. The minimum absolute atomic E-state index is 0.189. The fourth-order valence-corrected chi connectivity index (χ4v) is 2.07. The third-order valence-electron chi connectivity index (χ3n) is 3.34. The van der Waals surface area contributed by atoms with E-state index in [0.29, 0.717) is 0 Å². The lowest BCUT2D eigenvalue weighted by molar-refractivity contribution is 0.484. The summed E-state index contributed by atoms with van der Waals surface area (Å²) in [5.74, 6) is 0. The van der Waals surface area contributed by atoms with Gasteiger partial charge in [0.1, 0.15) is 6.67 Å². The lowest BCUT2D eigenvalue weighted by atomic mass is 9.89. The number of halogens is 1. The summed E-state index contributed by atoms with van der Waals surface area (Å²) in [6.07, 6.45) is 2.33. The van der Waals surface area contributed by atoms with Gasteiger partial charge in [-0.1, -0.05) is 24.3 Å². The quantitative estimate of drug-likeness (QED) is 0.784. The van der Waals surface area contributed by atoms with Crippen molar-refractivity contribution in [1.82, 2.24) is 0 Å². The Kier molecular flexibility index (Phi) is 2.31. The summed E-state index contributed by atoms with van der Waals surface area (Å²) in [4.78, 5) is 0. The summed E-state index contributed by atoms with van der Waals surface area (Å²) in [7, 11) is 0. The summed E-state index contributed by atoms with van der Waals surface area (Å²) < 4.78 is 12.3. The third kappa shape index (κ3) is 1.44. The molecular formula is C12H16FN. The first-order valence-corrected chi connectivity index (χ1v) is 5.10. The predicted octanol–water partition coefficient (Wildman–Crippen LogP) is 2.53. The highest BCUT2D eigenvalue weighted by molar-refractivity contribution is 5.35. The molecule has 1 aliphatic carbocycles. The monoisotopic (exact) mass is 193 g/mol. The Morgan fingerprint density at radius 3 is 2.29 bits per heavy atom. The lowest BCUT2D eigenvalue weighted by Gasteiger charge is -2.20. The minimum Gasteiger partial charge on any atom is -0.327 e. The van der Waals surface area contributed by atoms with E-state index < -0.39 is 0 Å². The molecule has 2 heteroatoms. The third-order valence-corrected chi connectivity index (χ3v) is 3.34. The Hall–Kier alpha value is -0.890. The van der Waals surface area contributed by atoms with Gasteiger partial charge in [-0.25, -0.2) is 4.39 Å². The maximum Gasteiger partial charge on any atom is 0.115 e. The van der Waals surface area contributed by atoms with Crippen molar-refractivity contribution in [2.24, 2.45) is 5.73 Å². The first-order chi connectivity index (χ1) is 6.69. The molecule has 1 unspecified atom stereocenters. The van der Waals surface area contributed by atoms with E-state index in [1.165, 1.54) is 18.4 Å². The summed E-state index contributed by atoms with van der Waals surface area (Å²) in [5.41, 5.74) is 8.16. The molecule has 2 rings (SSSR count).